The van der Waals surface area contributed by atoms with Gasteiger partial charge in [0.1, 0.15) is 4.99 Å². The van der Waals surface area contributed by atoms with Gasteiger partial charge in [-0.15, -0.1) is 0 Å². The quantitative estimate of drug-likeness (QED) is 0.551. The summed E-state index contributed by atoms with van der Waals surface area (Å²) < 4.78 is 5.47. The van der Waals surface area contributed by atoms with Gasteiger partial charge in [0.25, 0.3) is 0 Å². The third-order valence-electron chi connectivity index (χ3n) is 2.40. The number of anilines is 1. The van der Waals surface area contributed by atoms with Gasteiger partial charge in [-0.1, -0.05) is 37.7 Å². The summed E-state index contributed by atoms with van der Waals surface area (Å²) in [5.74, 6) is 0. The first-order valence-corrected chi connectivity index (χ1v) is 6.37. The van der Waals surface area contributed by atoms with Crippen LogP contribution in [0, 0.1) is 0 Å². The van der Waals surface area contributed by atoms with Crippen LogP contribution in [0.1, 0.15) is 25.3 Å². The zero-order chi connectivity index (χ0) is 12.5. The first-order valence-electron chi connectivity index (χ1n) is 5.96. The zero-order valence-electron chi connectivity index (χ0n) is 10.2. The Morgan fingerprint density at radius 2 is 2.12 bits per heavy atom. The number of rotatable bonds is 8. The minimum absolute atomic E-state index is 0.417. The van der Waals surface area contributed by atoms with Gasteiger partial charge in [0, 0.05) is 24.4 Å². The van der Waals surface area contributed by atoms with Crippen molar-refractivity contribution in [1.29, 1.82) is 0 Å². The highest BCUT2D eigenvalue weighted by atomic mass is 32.1. The van der Waals surface area contributed by atoms with Gasteiger partial charge in [0.2, 0.25) is 0 Å². The van der Waals surface area contributed by atoms with Crippen LogP contribution >= 0.6 is 12.2 Å². The fourth-order valence-corrected chi connectivity index (χ4v) is 1.64. The van der Waals surface area contributed by atoms with Crippen LogP contribution in [-0.2, 0) is 4.74 Å². The van der Waals surface area contributed by atoms with Gasteiger partial charge in [-0.2, -0.15) is 0 Å². The highest BCUT2D eigenvalue weighted by Crippen LogP contribution is 2.14. The van der Waals surface area contributed by atoms with Crippen LogP contribution in [0.3, 0.4) is 0 Å². The van der Waals surface area contributed by atoms with E-state index in [-0.39, 0.29) is 0 Å². The number of hydrogen-bond donors (Lipinski definition) is 2. The maximum atomic E-state index is 5.64. The molecular formula is C13H20N2OS. The Balaban J connectivity index is 2.34. The molecule has 0 unspecified atom stereocenters. The van der Waals surface area contributed by atoms with Crippen LogP contribution in [0.4, 0.5) is 5.69 Å². The van der Waals surface area contributed by atoms with Gasteiger partial charge in [0.05, 0.1) is 6.61 Å². The van der Waals surface area contributed by atoms with Crippen LogP contribution in [0.15, 0.2) is 24.3 Å². The summed E-state index contributed by atoms with van der Waals surface area (Å²) in [6.45, 7) is 4.45. The topological polar surface area (TPSA) is 47.3 Å². The fraction of sp³-hybridized carbons (Fsp3) is 0.462. The molecule has 0 atom stereocenters. The molecule has 0 aliphatic rings. The molecule has 0 saturated carbocycles. The molecule has 3 nitrogen and oxygen atoms in total. The number of ether oxygens (including phenoxy) is 1. The number of unbranched alkanes of at least 4 members (excludes halogenated alkanes) is 1. The monoisotopic (exact) mass is 252 g/mol. The first-order chi connectivity index (χ1) is 8.25. The number of benzene rings is 1. The van der Waals surface area contributed by atoms with Crippen molar-refractivity contribution in [3.05, 3.63) is 29.8 Å². The van der Waals surface area contributed by atoms with Gasteiger partial charge in [0.15, 0.2) is 0 Å². The molecule has 94 valence electrons. The SMILES string of the molecule is CCCCOCCNc1ccccc1C(N)=S. The smallest absolute Gasteiger partial charge is 0.106 e. The van der Waals surface area contributed by atoms with Gasteiger partial charge < -0.3 is 15.8 Å². The molecule has 0 radical (unpaired) electrons. The molecular weight excluding hydrogens is 232 g/mol. The van der Waals surface area contributed by atoms with Crippen molar-refractivity contribution in [2.45, 2.75) is 19.8 Å². The van der Waals surface area contributed by atoms with Gasteiger partial charge in [-0.05, 0) is 18.6 Å². The predicted molar refractivity (Wildman–Crippen MR) is 76.5 cm³/mol. The van der Waals surface area contributed by atoms with Crippen molar-refractivity contribution in [2.24, 2.45) is 5.73 Å². The Morgan fingerprint density at radius 3 is 2.82 bits per heavy atom. The third kappa shape index (κ3) is 5.15. The van der Waals surface area contributed by atoms with E-state index in [2.05, 4.69) is 12.2 Å². The fourth-order valence-electron chi connectivity index (χ4n) is 1.46. The predicted octanol–water partition coefficient (Wildman–Crippen LogP) is 2.55. The van der Waals surface area contributed by atoms with Gasteiger partial charge in [-0.25, -0.2) is 0 Å². The molecule has 0 spiro atoms. The lowest BCUT2D eigenvalue weighted by Gasteiger charge is -2.11. The number of nitrogens with one attached hydrogen (secondary N) is 1. The summed E-state index contributed by atoms with van der Waals surface area (Å²) in [5, 5.41) is 3.28. The van der Waals surface area contributed by atoms with E-state index >= 15 is 0 Å². The average Bonchev–Trinajstić information content (AvgIpc) is 2.34. The largest absolute Gasteiger partial charge is 0.389 e. The van der Waals surface area contributed by atoms with E-state index in [0.29, 0.717) is 11.6 Å². The van der Waals surface area contributed by atoms with Gasteiger partial charge in [-0.3, -0.25) is 0 Å². The molecule has 0 saturated heterocycles. The number of para-hydroxylation sites is 1. The van der Waals surface area contributed by atoms with Crippen LogP contribution in [0.5, 0.6) is 0 Å². The highest BCUT2D eigenvalue weighted by Gasteiger charge is 2.02. The molecule has 0 aromatic heterocycles. The summed E-state index contributed by atoms with van der Waals surface area (Å²) in [7, 11) is 0. The Labute approximate surface area is 108 Å². The summed E-state index contributed by atoms with van der Waals surface area (Å²) in [4.78, 5) is 0.417. The van der Waals surface area contributed by atoms with Crippen LogP contribution < -0.4 is 11.1 Å². The molecule has 0 bridgehead atoms. The number of nitrogens with two attached hydrogens (primary N) is 1. The molecule has 1 rings (SSSR count). The van der Waals surface area contributed by atoms with E-state index < -0.39 is 0 Å². The lowest BCUT2D eigenvalue weighted by Crippen LogP contribution is -2.15. The molecule has 0 fully saturated rings. The van der Waals surface area contributed by atoms with Crippen LogP contribution in [0.2, 0.25) is 0 Å². The summed E-state index contributed by atoms with van der Waals surface area (Å²) >= 11 is 4.99. The second-order valence-corrected chi connectivity index (χ2v) is 4.24. The minimum atomic E-state index is 0.417. The van der Waals surface area contributed by atoms with E-state index in [4.69, 9.17) is 22.7 Å². The number of hydrogen-bond acceptors (Lipinski definition) is 3. The summed E-state index contributed by atoms with van der Waals surface area (Å²) in [6.07, 6.45) is 2.28. The average molecular weight is 252 g/mol. The maximum absolute atomic E-state index is 5.64. The van der Waals surface area contributed by atoms with Crippen molar-refractivity contribution in [3.63, 3.8) is 0 Å². The van der Waals surface area contributed by atoms with E-state index in [1.165, 1.54) is 0 Å². The van der Waals surface area contributed by atoms with E-state index in [1.54, 1.807) is 0 Å². The zero-order valence-corrected chi connectivity index (χ0v) is 11.1. The molecule has 4 heteroatoms. The minimum Gasteiger partial charge on any atom is -0.389 e. The second kappa shape index (κ2) is 8.03. The van der Waals surface area contributed by atoms with Crippen molar-refractivity contribution < 1.29 is 4.74 Å². The Kier molecular flexibility index (Phi) is 6.58. The van der Waals surface area contributed by atoms with Crippen molar-refractivity contribution in [1.82, 2.24) is 0 Å². The molecule has 17 heavy (non-hydrogen) atoms. The van der Waals surface area contributed by atoms with Crippen molar-refractivity contribution >= 4 is 22.9 Å². The Bertz CT molecular complexity index is 355. The molecule has 0 amide bonds. The van der Waals surface area contributed by atoms with Crippen LogP contribution in [0.25, 0.3) is 0 Å². The van der Waals surface area contributed by atoms with Crippen molar-refractivity contribution in [2.75, 3.05) is 25.1 Å². The highest BCUT2D eigenvalue weighted by molar-refractivity contribution is 7.80. The lowest BCUT2D eigenvalue weighted by atomic mass is 10.2. The maximum Gasteiger partial charge on any atom is 0.106 e. The second-order valence-electron chi connectivity index (χ2n) is 3.80. The number of thiocarbonyl (C=S) groups is 1. The third-order valence-corrected chi connectivity index (χ3v) is 2.62. The molecule has 3 N–H and O–H groups in total. The molecule has 1 aromatic rings. The molecule has 0 aliphatic heterocycles. The lowest BCUT2D eigenvalue weighted by molar-refractivity contribution is 0.141. The van der Waals surface area contributed by atoms with E-state index in [0.717, 1.165) is 37.2 Å². The van der Waals surface area contributed by atoms with Crippen molar-refractivity contribution in [3.8, 4) is 0 Å². The summed E-state index contributed by atoms with van der Waals surface area (Å²) in [5.41, 5.74) is 7.50. The standard InChI is InChI=1S/C13H20N2OS/c1-2-3-9-16-10-8-15-12-7-5-4-6-11(12)13(14)17/h4-7,15H,2-3,8-10H2,1H3,(H2,14,17). The van der Waals surface area contributed by atoms with Crippen LogP contribution in [-0.4, -0.2) is 24.7 Å². The van der Waals surface area contributed by atoms with Gasteiger partial charge >= 0.3 is 0 Å². The first kappa shape index (κ1) is 13.9. The molecule has 1 aromatic carbocycles. The molecule has 0 aliphatic carbocycles. The summed E-state index contributed by atoms with van der Waals surface area (Å²) in [6, 6.07) is 7.78. The molecule has 0 heterocycles. The Hall–Kier alpha value is -1.13. The normalized spacial score (nSPS) is 10.2. The van der Waals surface area contributed by atoms with E-state index in [1.807, 2.05) is 24.3 Å². The van der Waals surface area contributed by atoms with E-state index in [9.17, 15) is 0 Å². The Morgan fingerprint density at radius 1 is 1.35 bits per heavy atom.